The van der Waals surface area contributed by atoms with Gasteiger partial charge >= 0.3 is 0 Å². The third-order valence-electron chi connectivity index (χ3n) is 2.23. The van der Waals surface area contributed by atoms with Gasteiger partial charge in [0.25, 0.3) is 0 Å². The van der Waals surface area contributed by atoms with Gasteiger partial charge in [0.05, 0.1) is 23.5 Å². The highest BCUT2D eigenvalue weighted by Crippen LogP contribution is 2.29. The van der Waals surface area contributed by atoms with Crippen LogP contribution in [0.3, 0.4) is 0 Å². The molecule has 0 spiro atoms. The van der Waals surface area contributed by atoms with Crippen LogP contribution in [0, 0.1) is 0 Å². The van der Waals surface area contributed by atoms with Crippen LogP contribution in [0.2, 0.25) is 0 Å². The maximum absolute atomic E-state index is 5.52. The standard InChI is InChI=1S/C12H12BrN3O/c1-17-11-4-2-8(6-10(11)13)16-9-3-5-12(14)15-7-9/h2-7,16H,1H3,(H2,14,15). The maximum atomic E-state index is 5.52. The zero-order valence-electron chi connectivity index (χ0n) is 9.27. The van der Waals surface area contributed by atoms with E-state index in [0.29, 0.717) is 5.82 Å². The zero-order chi connectivity index (χ0) is 12.3. The fraction of sp³-hybridized carbons (Fsp3) is 0.0833. The number of nitrogens with one attached hydrogen (secondary N) is 1. The number of pyridine rings is 1. The number of nitrogen functional groups attached to an aromatic ring is 1. The van der Waals surface area contributed by atoms with Crippen LogP contribution in [-0.2, 0) is 0 Å². The minimum absolute atomic E-state index is 0.506. The van der Waals surface area contributed by atoms with Crippen molar-refractivity contribution >= 4 is 33.1 Å². The second kappa shape index (κ2) is 5.05. The molecule has 0 saturated heterocycles. The van der Waals surface area contributed by atoms with Crippen molar-refractivity contribution in [1.29, 1.82) is 0 Å². The smallest absolute Gasteiger partial charge is 0.133 e. The molecule has 3 N–H and O–H groups in total. The summed E-state index contributed by atoms with van der Waals surface area (Å²) in [6.07, 6.45) is 1.69. The first-order chi connectivity index (χ1) is 8.19. The first-order valence-corrected chi connectivity index (χ1v) is 5.80. The summed E-state index contributed by atoms with van der Waals surface area (Å²) in [5.41, 5.74) is 7.35. The predicted molar refractivity (Wildman–Crippen MR) is 72.6 cm³/mol. The van der Waals surface area contributed by atoms with E-state index in [9.17, 15) is 0 Å². The van der Waals surface area contributed by atoms with Crippen LogP contribution < -0.4 is 15.8 Å². The molecular weight excluding hydrogens is 282 g/mol. The molecule has 0 amide bonds. The van der Waals surface area contributed by atoms with Crippen LogP contribution in [0.4, 0.5) is 17.2 Å². The predicted octanol–water partition coefficient (Wildman–Crippen LogP) is 3.18. The number of nitrogens with zero attached hydrogens (tertiary/aromatic N) is 1. The summed E-state index contributed by atoms with van der Waals surface area (Å²) >= 11 is 3.43. The largest absolute Gasteiger partial charge is 0.496 e. The molecule has 4 nitrogen and oxygen atoms in total. The summed E-state index contributed by atoms with van der Waals surface area (Å²) in [6, 6.07) is 9.38. The molecule has 2 rings (SSSR count). The molecule has 0 aliphatic heterocycles. The highest BCUT2D eigenvalue weighted by Gasteiger charge is 2.01. The summed E-state index contributed by atoms with van der Waals surface area (Å²) in [7, 11) is 1.64. The van der Waals surface area contributed by atoms with Crippen molar-refractivity contribution in [2.45, 2.75) is 0 Å². The molecule has 0 fully saturated rings. The Bertz CT molecular complexity index is 514. The van der Waals surface area contributed by atoms with Crippen molar-refractivity contribution in [3.05, 3.63) is 41.0 Å². The van der Waals surface area contributed by atoms with Crippen LogP contribution in [0.5, 0.6) is 5.75 Å². The molecule has 0 atom stereocenters. The lowest BCUT2D eigenvalue weighted by molar-refractivity contribution is 0.412. The first kappa shape index (κ1) is 11.7. The zero-order valence-corrected chi connectivity index (χ0v) is 10.9. The van der Waals surface area contributed by atoms with Crippen molar-refractivity contribution in [2.75, 3.05) is 18.2 Å². The second-order valence-electron chi connectivity index (χ2n) is 3.45. The van der Waals surface area contributed by atoms with Gasteiger partial charge in [-0.25, -0.2) is 4.98 Å². The normalized spacial score (nSPS) is 10.0. The van der Waals surface area contributed by atoms with Crippen molar-refractivity contribution in [3.8, 4) is 5.75 Å². The van der Waals surface area contributed by atoms with Gasteiger partial charge in [-0.15, -0.1) is 0 Å². The van der Waals surface area contributed by atoms with E-state index in [1.807, 2.05) is 24.3 Å². The number of ether oxygens (including phenoxy) is 1. The summed E-state index contributed by atoms with van der Waals surface area (Å²) in [6.45, 7) is 0. The Balaban J connectivity index is 2.19. The van der Waals surface area contributed by atoms with Gasteiger partial charge in [0.1, 0.15) is 11.6 Å². The van der Waals surface area contributed by atoms with E-state index in [1.54, 1.807) is 19.4 Å². The Hall–Kier alpha value is -1.75. The van der Waals surface area contributed by atoms with Crippen molar-refractivity contribution in [1.82, 2.24) is 4.98 Å². The summed E-state index contributed by atoms with van der Waals surface area (Å²) < 4.78 is 6.06. The Kier molecular flexibility index (Phi) is 3.49. The topological polar surface area (TPSA) is 60.2 Å². The summed E-state index contributed by atoms with van der Waals surface area (Å²) in [4.78, 5) is 4.01. The number of halogens is 1. The molecule has 88 valence electrons. The molecule has 0 radical (unpaired) electrons. The van der Waals surface area contributed by atoms with Crippen molar-refractivity contribution in [2.24, 2.45) is 0 Å². The molecule has 0 aliphatic carbocycles. The summed E-state index contributed by atoms with van der Waals surface area (Å²) in [5.74, 6) is 1.30. The van der Waals surface area contributed by atoms with E-state index in [0.717, 1.165) is 21.6 Å². The number of anilines is 3. The first-order valence-electron chi connectivity index (χ1n) is 5.01. The number of aromatic nitrogens is 1. The third-order valence-corrected chi connectivity index (χ3v) is 2.85. The average Bonchev–Trinajstić information content (AvgIpc) is 2.32. The number of rotatable bonds is 3. The van der Waals surface area contributed by atoms with E-state index >= 15 is 0 Å². The Morgan fingerprint density at radius 3 is 2.59 bits per heavy atom. The molecule has 1 aromatic carbocycles. The molecule has 1 heterocycles. The van der Waals surface area contributed by atoms with Gasteiger partial charge in [0.2, 0.25) is 0 Å². The van der Waals surface area contributed by atoms with E-state index < -0.39 is 0 Å². The van der Waals surface area contributed by atoms with Crippen molar-refractivity contribution in [3.63, 3.8) is 0 Å². The van der Waals surface area contributed by atoms with E-state index in [1.165, 1.54) is 0 Å². The van der Waals surface area contributed by atoms with Crippen LogP contribution in [0.15, 0.2) is 41.0 Å². The molecule has 0 saturated carbocycles. The van der Waals surface area contributed by atoms with Gasteiger partial charge in [-0.2, -0.15) is 0 Å². The monoisotopic (exact) mass is 293 g/mol. The molecular formula is C12H12BrN3O. The molecule has 5 heteroatoms. The minimum Gasteiger partial charge on any atom is -0.496 e. The van der Waals surface area contributed by atoms with E-state index in [-0.39, 0.29) is 0 Å². The molecule has 2 aromatic rings. The van der Waals surface area contributed by atoms with E-state index in [2.05, 4.69) is 26.2 Å². The SMILES string of the molecule is COc1ccc(Nc2ccc(N)nc2)cc1Br. The highest BCUT2D eigenvalue weighted by atomic mass is 79.9. The second-order valence-corrected chi connectivity index (χ2v) is 4.30. The molecule has 1 aromatic heterocycles. The average molecular weight is 294 g/mol. The maximum Gasteiger partial charge on any atom is 0.133 e. The fourth-order valence-corrected chi connectivity index (χ4v) is 1.93. The van der Waals surface area contributed by atoms with Gasteiger partial charge in [-0.05, 0) is 46.3 Å². The van der Waals surface area contributed by atoms with Gasteiger partial charge < -0.3 is 15.8 Å². The van der Waals surface area contributed by atoms with E-state index in [4.69, 9.17) is 10.5 Å². The van der Waals surface area contributed by atoms with Gasteiger partial charge in [0, 0.05) is 5.69 Å². The minimum atomic E-state index is 0.506. The number of methoxy groups -OCH3 is 1. The Labute approximate surface area is 108 Å². The van der Waals surface area contributed by atoms with Crippen LogP contribution in [0.25, 0.3) is 0 Å². The molecule has 0 bridgehead atoms. The van der Waals surface area contributed by atoms with Crippen LogP contribution in [-0.4, -0.2) is 12.1 Å². The van der Waals surface area contributed by atoms with Crippen molar-refractivity contribution < 1.29 is 4.74 Å². The lowest BCUT2D eigenvalue weighted by Crippen LogP contribution is -1.94. The number of benzene rings is 1. The molecule has 0 aliphatic rings. The molecule has 0 unspecified atom stereocenters. The van der Waals surface area contributed by atoms with Gasteiger partial charge in [-0.3, -0.25) is 0 Å². The van der Waals surface area contributed by atoms with Gasteiger partial charge in [-0.1, -0.05) is 0 Å². The van der Waals surface area contributed by atoms with Gasteiger partial charge in [0.15, 0.2) is 0 Å². The quantitative estimate of drug-likeness (QED) is 0.912. The fourth-order valence-electron chi connectivity index (χ4n) is 1.39. The third kappa shape index (κ3) is 2.88. The number of hydrogen-bond donors (Lipinski definition) is 2. The lowest BCUT2D eigenvalue weighted by Gasteiger charge is -2.08. The molecule has 17 heavy (non-hydrogen) atoms. The Morgan fingerprint density at radius 1 is 1.24 bits per heavy atom. The Morgan fingerprint density at radius 2 is 2.00 bits per heavy atom. The lowest BCUT2D eigenvalue weighted by atomic mass is 10.3. The number of nitrogens with two attached hydrogens (primary N) is 1. The van der Waals surface area contributed by atoms with Crippen LogP contribution >= 0.6 is 15.9 Å². The summed E-state index contributed by atoms with van der Waals surface area (Å²) in [5, 5.41) is 3.22. The van der Waals surface area contributed by atoms with Crippen LogP contribution in [0.1, 0.15) is 0 Å². The highest BCUT2D eigenvalue weighted by molar-refractivity contribution is 9.10. The number of hydrogen-bond acceptors (Lipinski definition) is 4.